The Hall–Kier alpha value is -9.18. The summed E-state index contributed by atoms with van der Waals surface area (Å²) in [5.74, 6) is 2.96. The smallest absolute Gasteiger partial charge is 0.131 e. The summed E-state index contributed by atoms with van der Waals surface area (Å²) in [6.07, 6.45) is 13.7. The lowest BCUT2D eigenvalue weighted by Gasteiger charge is -2.47. The molecule has 0 saturated carbocycles. The van der Waals surface area contributed by atoms with Crippen molar-refractivity contribution in [2.45, 2.75) is 22.9 Å². The van der Waals surface area contributed by atoms with Crippen molar-refractivity contribution < 1.29 is 9.47 Å². The van der Waals surface area contributed by atoms with Crippen molar-refractivity contribution >= 4 is 23.1 Å². The molecule has 0 saturated heterocycles. The first-order chi connectivity index (χ1) is 37.2. The minimum atomic E-state index is -0.513. The number of fused-ring (bicyclic) bond motifs is 20. The number of hydrogen-bond donors (Lipinski definition) is 0. The Morgan fingerprint density at radius 2 is 0.933 bits per heavy atom. The molecule has 0 amide bonds. The van der Waals surface area contributed by atoms with Crippen LogP contribution < -0.4 is 14.4 Å². The van der Waals surface area contributed by atoms with Crippen LogP contribution in [0.1, 0.15) is 56.0 Å². The summed E-state index contributed by atoms with van der Waals surface area (Å²) in [5.41, 5.74) is 21.1. The van der Waals surface area contributed by atoms with E-state index in [4.69, 9.17) is 9.47 Å². The van der Waals surface area contributed by atoms with Crippen LogP contribution >= 0.6 is 0 Å². The lowest BCUT2D eigenvalue weighted by molar-refractivity contribution is 0.141. The summed E-state index contributed by atoms with van der Waals surface area (Å²) in [4.78, 5) is 2.55. The Bertz CT molecular complexity index is 4020. The Morgan fingerprint density at radius 3 is 1.73 bits per heavy atom. The third kappa shape index (κ3) is 5.87. The van der Waals surface area contributed by atoms with Crippen molar-refractivity contribution in [3.8, 4) is 50.6 Å². The normalized spacial score (nSPS) is 20.7. The number of anilines is 3. The van der Waals surface area contributed by atoms with Crippen molar-refractivity contribution in [2.75, 3.05) is 4.90 Å². The summed E-state index contributed by atoms with van der Waals surface area (Å²) < 4.78 is 13.7. The van der Waals surface area contributed by atoms with Crippen molar-refractivity contribution in [2.24, 2.45) is 11.8 Å². The van der Waals surface area contributed by atoms with Crippen molar-refractivity contribution in [1.29, 1.82) is 0 Å². The Kier molecular flexibility index (Phi) is 9.12. The maximum atomic E-state index is 6.91. The maximum Gasteiger partial charge on any atom is 0.131 e. The molecule has 0 radical (unpaired) electrons. The van der Waals surface area contributed by atoms with Gasteiger partial charge < -0.3 is 14.4 Å². The van der Waals surface area contributed by atoms with Crippen LogP contribution in [0.25, 0.3) is 39.5 Å². The van der Waals surface area contributed by atoms with Crippen LogP contribution in [-0.2, 0) is 10.8 Å². The van der Waals surface area contributed by atoms with Crippen molar-refractivity contribution in [1.82, 2.24) is 0 Å². The molecule has 5 atom stereocenters. The topological polar surface area (TPSA) is 21.7 Å². The number of allylic oxidation sites excluding steroid dienone is 3. The first-order valence-corrected chi connectivity index (χ1v) is 26.4. The van der Waals surface area contributed by atoms with E-state index in [0.29, 0.717) is 0 Å². The van der Waals surface area contributed by atoms with Crippen LogP contribution in [0.3, 0.4) is 0 Å². The van der Waals surface area contributed by atoms with E-state index in [9.17, 15) is 0 Å². The highest BCUT2D eigenvalue weighted by Crippen LogP contribution is 2.67. The van der Waals surface area contributed by atoms with Crippen LogP contribution in [0.2, 0.25) is 0 Å². The lowest BCUT2D eigenvalue weighted by Crippen LogP contribution is -2.47. The fraction of sp³-hybridized carbons (Fsp3) is 0.0833. The Morgan fingerprint density at radius 1 is 0.360 bits per heavy atom. The van der Waals surface area contributed by atoms with E-state index in [1.54, 1.807) is 0 Å². The second kappa shape index (κ2) is 16.2. The van der Waals surface area contributed by atoms with Crippen LogP contribution in [0.4, 0.5) is 17.1 Å². The number of para-hydroxylation sites is 4. The molecule has 2 heterocycles. The molecular weight excluding hydrogens is 911 g/mol. The third-order valence-corrected chi connectivity index (χ3v) is 17.5. The van der Waals surface area contributed by atoms with Gasteiger partial charge in [-0.15, -0.1) is 0 Å². The zero-order valence-corrected chi connectivity index (χ0v) is 41.1. The van der Waals surface area contributed by atoms with Crippen molar-refractivity contribution in [3.63, 3.8) is 0 Å². The molecule has 6 aliphatic rings. The second-order valence-electron chi connectivity index (χ2n) is 20.9. The standard InChI is InChI=1S/C72H49NO2/c1-2-18-46(19-3-1)47-34-36-49(37-35-47)52-21-7-13-29-65(52)73(51-39-41-55-54-23-6-8-24-57(54)72(64(55)45-51)61-27-11-16-32-68(61)75-69-33-17-12-28-62(69)72)50-40-43-58-56(44-50)70-53-22-5-4-20-48(53)38-42-63(70)71(58)59-25-9-14-30-66(59)74-67-31-15-10-26-60(67)71/h1-45,61,63,68,70H. The largest absolute Gasteiger partial charge is 0.485 e. The summed E-state index contributed by atoms with van der Waals surface area (Å²) in [7, 11) is 0. The van der Waals surface area contributed by atoms with Gasteiger partial charge in [0.15, 0.2) is 0 Å². The van der Waals surface area contributed by atoms with Crippen LogP contribution in [0.5, 0.6) is 17.2 Å². The van der Waals surface area contributed by atoms with Crippen LogP contribution in [0, 0.1) is 11.8 Å². The average molecular weight is 960 g/mol. The SMILES string of the molecule is C1=CC2Oc3ccccc3C3(c4ccccc4-c4ccc(N(c5ccc6c(c5)C5c7ccccc7C=CC5C65c6ccccc6Oc6ccccc65)c5ccccc5-c5ccc(-c6ccccc6)cc5)cc43)C2C=C1. The first-order valence-electron chi connectivity index (χ1n) is 26.4. The van der Waals surface area contributed by atoms with Crippen LogP contribution in [0.15, 0.2) is 267 Å². The molecule has 4 aliphatic carbocycles. The number of nitrogens with zero attached hydrogens (tertiary/aromatic N) is 1. The van der Waals surface area contributed by atoms with E-state index in [0.717, 1.165) is 45.4 Å². The zero-order valence-electron chi connectivity index (χ0n) is 41.1. The summed E-state index contributed by atoms with van der Waals surface area (Å²) in [5, 5.41) is 0. The molecule has 0 aromatic heterocycles. The highest BCUT2D eigenvalue weighted by Gasteiger charge is 2.59. The monoisotopic (exact) mass is 959 g/mol. The molecule has 75 heavy (non-hydrogen) atoms. The molecule has 0 fully saturated rings. The average Bonchev–Trinajstić information content (AvgIpc) is 3.95. The van der Waals surface area contributed by atoms with Gasteiger partial charge in [-0.3, -0.25) is 0 Å². The van der Waals surface area contributed by atoms with Crippen LogP contribution in [-0.4, -0.2) is 6.10 Å². The molecule has 2 spiro atoms. The van der Waals surface area contributed by atoms with Gasteiger partial charge in [-0.25, -0.2) is 0 Å². The molecule has 5 unspecified atom stereocenters. The predicted molar refractivity (Wildman–Crippen MR) is 304 cm³/mol. The fourth-order valence-electron chi connectivity index (χ4n) is 14.6. The van der Waals surface area contributed by atoms with E-state index in [1.165, 1.54) is 72.3 Å². The highest BCUT2D eigenvalue weighted by molar-refractivity contribution is 5.93. The van der Waals surface area contributed by atoms with Gasteiger partial charge >= 0.3 is 0 Å². The van der Waals surface area contributed by atoms with Gasteiger partial charge in [0.25, 0.3) is 0 Å². The van der Waals surface area contributed by atoms with Gasteiger partial charge in [-0.1, -0.05) is 218 Å². The third-order valence-electron chi connectivity index (χ3n) is 17.5. The molecular formula is C72H49NO2. The molecule has 10 aromatic carbocycles. The number of rotatable bonds is 5. The zero-order chi connectivity index (χ0) is 49.2. The van der Waals surface area contributed by atoms with Gasteiger partial charge in [0.1, 0.15) is 23.4 Å². The number of benzene rings is 10. The van der Waals surface area contributed by atoms with E-state index < -0.39 is 10.8 Å². The lowest BCUT2D eigenvalue weighted by atomic mass is 9.60. The second-order valence-corrected chi connectivity index (χ2v) is 20.9. The molecule has 2 aliphatic heterocycles. The molecule has 3 nitrogen and oxygen atoms in total. The summed E-state index contributed by atoms with van der Waals surface area (Å²) >= 11 is 0. The van der Waals surface area contributed by atoms with Gasteiger partial charge in [0.05, 0.1) is 16.5 Å². The molecule has 10 aromatic rings. The van der Waals surface area contributed by atoms with E-state index >= 15 is 0 Å². The molecule has 354 valence electrons. The Balaban J connectivity index is 0.963. The minimum absolute atomic E-state index is 0.0247. The maximum absolute atomic E-state index is 6.91. The first kappa shape index (κ1) is 42.3. The van der Waals surface area contributed by atoms with Gasteiger partial charge in [0, 0.05) is 51.4 Å². The molecule has 3 heteroatoms. The van der Waals surface area contributed by atoms with Gasteiger partial charge in [-0.2, -0.15) is 0 Å². The van der Waals surface area contributed by atoms with Gasteiger partial charge in [0.2, 0.25) is 0 Å². The molecule has 0 N–H and O–H groups in total. The molecule has 0 bridgehead atoms. The Labute approximate surface area is 437 Å². The molecule has 16 rings (SSSR count). The van der Waals surface area contributed by atoms with E-state index in [-0.39, 0.29) is 23.9 Å². The van der Waals surface area contributed by atoms with E-state index in [1.807, 2.05) is 0 Å². The number of hydrogen-bond acceptors (Lipinski definition) is 3. The summed E-state index contributed by atoms with van der Waals surface area (Å²) in [6.45, 7) is 0. The van der Waals surface area contributed by atoms with Crippen molar-refractivity contribution in [3.05, 3.63) is 317 Å². The summed E-state index contributed by atoms with van der Waals surface area (Å²) in [6, 6.07) is 87.8. The highest BCUT2D eigenvalue weighted by atomic mass is 16.5. The fourth-order valence-corrected chi connectivity index (χ4v) is 14.6. The number of ether oxygens (including phenoxy) is 2. The van der Waals surface area contributed by atoms with E-state index in [2.05, 4.69) is 278 Å². The minimum Gasteiger partial charge on any atom is -0.485 e. The quantitative estimate of drug-likeness (QED) is 0.172. The predicted octanol–water partition coefficient (Wildman–Crippen LogP) is 17.5. The van der Waals surface area contributed by atoms with Gasteiger partial charge in [-0.05, 0) is 116 Å².